The molecule has 19 heavy (non-hydrogen) atoms. The van der Waals surface area contributed by atoms with Crippen LogP contribution in [0.5, 0.6) is 0 Å². The molecule has 0 aliphatic carbocycles. The number of rotatable bonds is 4. The standard InChI is InChI=1S/C13H13ClN4O/c1-9-6-11-13(15-7-9)18(12(17-11)2-4-14)8-10-3-5-16-19-10/h3,5-7H,2,4,8H2,1H3. The molecule has 0 saturated heterocycles. The van der Waals surface area contributed by atoms with Gasteiger partial charge in [0.05, 0.1) is 12.7 Å². The van der Waals surface area contributed by atoms with Gasteiger partial charge in [-0.1, -0.05) is 5.16 Å². The van der Waals surface area contributed by atoms with E-state index in [2.05, 4.69) is 15.1 Å². The van der Waals surface area contributed by atoms with Gasteiger partial charge < -0.3 is 9.09 Å². The van der Waals surface area contributed by atoms with Crippen molar-refractivity contribution in [2.75, 3.05) is 5.88 Å². The summed E-state index contributed by atoms with van der Waals surface area (Å²) < 4.78 is 7.18. The molecule has 3 aromatic heterocycles. The predicted octanol–water partition coefficient (Wildman–Crippen LogP) is 2.56. The van der Waals surface area contributed by atoms with Gasteiger partial charge in [-0.3, -0.25) is 0 Å². The van der Waals surface area contributed by atoms with Crippen LogP contribution in [-0.4, -0.2) is 25.6 Å². The summed E-state index contributed by atoms with van der Waals surface area (Å²) in [6, 6.07) is 3.86. The Hall–Kier alpha value is -1.88. The van der Waals surface area contributed by atoms with Gasteiger partial charge in [-0.2, -0.15) is 0 Å². The fraction of sp³-hybridized carbons (Fsp3) is 0.308. The van der Waals surface area contributed by atoms with Crippen LogP contribution in [0.25, 0.3) is 11.2 Å². The number of alkyl halides is 1. The minimum atomic E-state index is 0.526. The smallest absolute Gasteiger partial charge is 0.160 e. The van der Waals surface area contributed by atoms with Gasteiger partial charge in [-0.05, 0) is 18.6 Å². The van der Waals surface area contributed by atoms with Gasteiger partial charge in [0.15, 0.2) is 11.4 Å². The lowest BCUT2D eigenvalue weighted by atomic mass is 10.3. The van der Waals surface area contributed by atoms with E-state index in [1.165, 1.54) is 0 Å². The third-order valence-electron chi connectivity index (χ3n) is 2.92. The lowest BCUT2D eigenvalue weighted by Crippen LogP contribution is -2.06. The van der Waals surface area contributed by atoms with Crippen LogP contribution >= 0.6 is 11.6 Å². The highest BCUT2D eigenvalue weighted by molar-refractivity contribution is 6.17. The minimum Gasteiger partial charge on any atom is -0.359 e. The maximum Gasteiger partial charge on any atom is 0.160 e. The van der Waals surface area contributed by atoms with E-state index in [9.17, 15) is 0 Å². The van der Waals surface area contributed by atoms with Crippen molar-refractivity contribution in [3.63, 3.8) is 0 Å². The van der Waals surface area contributed by atoms with Crippen LogP contribution in [0.3, 0.4) is 0 Å². The van der Waals surface area contributed by atoms with Gasteiger partial charge in [0.25, 0.3) is 0 Å². The topological polar surface area (TPSA) is 56.7 Å². The molecule has 3 rings (SSSR count). The largest absolute Gasteiger partial charge is 0.359 e. The molecular weight excluding hydrogens is 264 g/mol. The van der Waals surface area contributed by atoms with E-state index >= 15 is 0 Å². The summed E-state index contributed by atoms with van der Waals surface area (Å²) in [6.07, 6.45) is 4.17. The molecule has 0 aromatic carbocycles. The third kappa shape index (κ3) is 2.33. The lowest BCUT2D eigenvalue weighted by molar-refractivity contribution is 0.376. The Morgan fingerprint density at radius 1 is 1.42 bits per heavy atom. The summed E-state index contributed by atoms with van der Waals surface area (Å²) in [7, 11) is 0. The second-order valence-corrected chi connectivity index (χ2v) is 4.77. The van der Waals surface area contributed by atoms with Gasteiger partial charge in [0.1, 0.15) is 11.3 Å². The first-order valence-corrected chi connectivity index (χ1v) is 6.58. The summed E-state index contributed by atoms with van der Waals surface area (Å²) in [5.41, 5.74) is 2.83. The molecule has 0 unspecified atom stereocenters. The molecule has 0 spiro atoms. The highest BCUT2D eigenvalue weighted by Crippen LogP contribution is 2.17. The van der Waals surface area contributed by atoms with Crippen LogP contribution < -0.4 is 0 Å². The summed E-state index contributed by atoms with van der Waals surface area (Å²) >= 11 is 5.84. The number of aryl methyl sites for hydroxylation is 2. The quantitative estimate of drug-likeness (QED) is 0.687. The molecular formula is C13H13ClN4O. The van der Waals surface area contributed by atoms with E-state index in [-0.39, 0.29) is 0 Å². The molecule has 0 fully saturated rings. The molecule has 0 saturated carbocycles. The molecule has 98 valence electrons. The van der Waals surface area contributed by atoms with E-state index in [0.29, 0.717) is 18.8 Å². The molecule has 3 heterocycles. The molecule has 0 atom stereocenters. The molecule has 0 aliphatic heterocycles. The van der Waals surface area contributed by atoms with Crippen molar-refractivity contribution >= 4 is 22.8 Å². The monoisotopic (exact) mass is 276 g/mol. The zero-order valence-electron chi connectivity index (χ0n) is 10.5. The van der Waals surface area contributed by atoms with Crippen LogP contribution in [0.1, 0.15) is 17.1 Å². The number of fused-ring (bicyclic) bond motifs is 1. The first kappa shape index (κ1) is 12.2. The van der Waals surface area contributed by atoms with E-state index in [4.69, 9.17) is 16.1 Å². The summed E-state index contributed by atoms with van der Waals surface area (Å²) in [5, 5.41) is 3.72. The van der Waals surface area contributed by atoms with E-state index < -0.39 is 0 Å². The molecule has 3 aromatic rings. The van der Waals surface area contributed by atoms with Gasteiger partial charge in [-0.25, -0.2) is 9.97 Å². The second-order valence-electron chi connectivity index (χ2n) is 4.39. The molecule has 5 nitrogen and oxygen atoms in total. The number of aromatic nitrogens is 4. The Kier molecular flexibility index (Phi) is 3.21. The van der Waals surface area contributed by atoms with Gasteiger partial charge in [0, 0.05) is 24.6 Å². The first-order chi connectivity index (χ1) is 9.28. The summed E-state index contributed by atoms with van der Waals surface area (Å²) in [6.45, 7) is 2.57. The van der Waals surface area contributed by atoms with Crippen LogP contribution in [0.15, 0.2) is 29.0 Å². The second kappa shape index (κ2) is 5.01. The van der Waals surface area contributed by atoms with E-state index in [1.54, 1.807) is 6.20 Å². The molecule has 0 bridgehead atoms. The van der Waals surface area contributed by atoms with E-state index in [0.717, 1.165) is 28.3 Å². The van der Waals surface area contributed by atoms with Gasteiger partial charge in [0.2, 0.25) is 0 Å². The number of hydrogen-bond donors (Lipinski definition) is 0. The Morgan fingerprint density at radius 3 is 3.05 bits per heavy atom. The van der Waals surface area contributed by atoms with E-state index in [1.807, 2.05) is 29.8 Å². The third-order valence-corrected chi connectivity index (χ3v) is 3.11. The molecule has 0 amide bonds. The van der Waals surface area contributed by atoms with Crippen LogP contribution in [0.4, 0.5) is 0 Å². The van der Waals surface area contributed by atoms with Crippen molar-refractivity contribution < 1.29 is 4.52 Å². The average Bonchev–Trinajstić information content (AvgIpc) is 2.99. The SMILES string of the molecule is Cc1cnc2c(c1)nc(CCCl)n2Cc1ccno1. The average molecular weight is 277 g/mol. The zero-order chi connectivity index (χ0) is 13.2. The highest BCUT2D eigenvalue weighted by atomic mass is 35.5. The Labute approximate surface area is 115 Å². The van der Waals surface area contributed by atoms with Crippen LogP contribution in [-0.2, 0) is 13.0 Å². The van der Waals surface area contributed by atoms with Crippen LogP contribution in [0.2, 0.25) is 0 Å². The molecule has 0 radical (unpaired) electrons. The number of hydrogen-bond acceptors (Lipinski definition) is 4. The van der Waals surface area contributed by atoms with Crippen molar-refractivity contribution in [3.05, 3.63) is 41.7 Å². The fourth-order valence-corrected chi connectivity index (χ4v) is 2.25. The van der Waals surface area contributed by atoms with Crippen molar-refractivity contribution in [2.24, 2.45) is 0 Å². The molecule has 0 N–H and O–H groups in total. The van der Waals surface area contributed by atoms with Crippen molar-refractivity contribution in [2.45, 2.75) is 19.9 Å². The number of imidazole rings is 1. The number of nitrogens with zero attached hydrogens (tertiary/aromatic N) is 4. The Bertz CT molecular complexity index is 690. The summed E-state index contributed by atoms with van der Waals surface area (Å²) in [4.78, 5) is 9.06. The minimum absolute atomic E-state index is 0.526. The molecule has 6 heteroatoms. The molecule has 0 aliphatic rings. The Morgan fingerprint density at radius 2 is 2.32 bits per heavy atom. The van der Waals surface area contributed by atoms with Gasteiger partial charge >= 0.3 is 0 Å². The Balaban J connectivity index is 2.10. The van der Waals surface area contributed by atoms with Crippen molar-refractivity contribution in [1.29, 1.82) is 0 Å². The highest BCUT2D eigenvalue weighted by Gasteiger charge is 2.13. The van der Waals surface area contributed by atoms with Crippen LogP contribution in [0, 0.1) is 6.92 Å². The first-order valence-electron chi connectivity index (χ1n) is 6.05. The van der Waals surface area contributed by atoms with Crippen molar-refractivity contribution in [1.82, 2.24) is 19.7 Å². The number of halogens is 1. The fourth-order valence-electron chi connectivity index (χ4n) is 2.08. The normalized spacial score (nSPS) is 11.3. The summed E-state index contributed by atoms with van der Waals surface area (Å²) in [5.74, 6) is 2.22. The van der Waals surface area contributed by atoms with Gasteiger partial charge in [-0.15, -0.1) is 11.6 Å². The number of pyridine rings is 1. The maximum absolute atomic E-state index is 5.84. The van der Waals surface area contributed by atoms with Crippen molar-refractivity contribution in [3.8, 4) is 0 Å². The predicted molar refractivity (Wildman–Crippen MR) is 72.3 cm³/mol. The lowest BCUT2D eigenvalue weighted by Gasteiger charge is -2.05. The zero-order valence-corrected chi connectivity index (χ0v) is 11.3. The maximum atomic E-state index is 5.84.